The molecule has 3 heterocycles. The van der Waals surface area contributed by atoms with Crippen LogP contribution in [0.25, 0.3) is 17.3 Å². The van der Waals surface area contributed by atoms with Gasteiger partial charge in [-0.3, -0.25) is 4.57 Å². The summed E-state index contributed by atoms with van der Waals surface area (Å²) in [5, 5.41) is 12.5. The first-order valence-electron chi connectivity index (χ1n) is 5.68. The molecule has 0 atom stereocenters. The average Bonchev–Trinajstić information content (AvgIpc) is 3.08. The number of carbonyl (C=O) groups is 1. The summed E-state index contributed by atoms with van der Waals surface area (Å²) < 4.78 is 6.55. The fourth-order valence-corrected chi connectivity index (χ4v) is 1.64. The van der Waals surface area contributed by atoms with Crippen LogP contribution in [0, 0.1) is 6.92 Å². The van der Waals surface area contributed by atoms with Gasteiger partial charge in [0.15, 0.2) is 11.5 Å². The normalized spacial score (nSPS) is 10.7. The van der Waals surface area contributed by atoms with E-state index in [1.54, 1.807) is 25.3 Å². The molecule has 8 nitrogen and oxygen atoms in total. The van der Waals surface area contributed by atoms with Gasteiger partial charge >= 0.3 is 5.97 Å². The smallest absolute Gasteiger partial charge is 0.356 e. The van der Waals surface area contributed by atoms with Crippen molar-refractivity contribution in [1.29, 1.82) is 0 Å². The lowest BCUT2D eigenvalue weighted by Crippen LogP contribution is -1.97. The molecule has 3 rings (SSSR count). The molecule has 0 aliphatic rings. The quantitative estimate of drug-likeness (QED) is 0.765. The van der Waals surface area contributed by atoms with Crippen molar-refractivity contribution < 1.29 is 14.4 Å². The van der Waals surface area contributed by atoms with Crippen molar-refractivity contribution in [3.05, 3.63) is 42.4 Å². The lowest BCUT2D eigenvalue weighted by atomic mass is 10.3. The van der Waals surface area contributed by atoms with E-state index in [9.17, 15) is 4.79 Å². The van der Waals surface area contributed by atoms with Crippen molar-refractivity contribution in [3.8, 4) is 17.3 Å². The molecule has 0 spiro atoms. The molecule has 0 unspecified atom stereocenters. The highest BCUT2D eigenvalue weighted by Crippen LogP contribution is 2.17. The van der Waals surface area contributed by atoms with Crippen LogP contribution in [0.1, 0.15) is 16.3 Å². The Balaban J connectivity index is 1.90. The molecule has 1 N–H and O–H groups in total. The predicted molar refractivity (Wildman–Crippen MR) is 66.3 cm³/mol. The average molecular weight is 271 g/mol. The molecule has 0 aliphatic carbocycles. The molecule has 0 fully saturated rings. The molecule has 0 amide bonds. The predicted octanol–water partition coefficient (Wildman–Crippen LogP) is 1.32. The Morgan fingerprint density at radius 2 is 2.20 bits per heavy atom. The molecular formula is C12H9N5O3. The van der Waals surface area contributed by atoms with E-state index in [1.807, 2.05) is 0 Å². The molecule has 3 aromatic heterocycles. The van der Waals surface area contributed by atoms with Crippen molar-refractivity contribution in [1.82, 2.24) is 24.7 Å². The Labute approximate surface area is 112 Å². The summed E-state index contributed by atoms with van der Waals surface area (Å²) in [4.78, 5) is 22.8. The summed E-state index contributed by atoms with van der Waals surface area (Å²) in [5.74, 6) is 0.398. The number of carboxylic acids is 1. The molecule has 0 saturated carbocycles. The van der Waals surface area contributed by atoms with Crippen molar-refractivity contribution in [2.75, 3.05) is 0 Å². The lowest BCUT2D eigenvalue weighted by Gasteiger charge is -2.00. The van der Waals surface area contributed by atoms with Gasteiger partial charge in [0.2, 0.25) is 0 Å². The summed E-state index contributed by atoms with van der Waals surface area (Å²) in [5.41, 5.74) is 0.649. The number of aromatic nitrogens is 5. The Kier molecular flexibility index (Phi) is 2.75. The maximum absolute atomic E-state index is 10.8. The SMILES string of the molecule is Cc1noc(-c2ccc(-n3cnc(C(=O)O)c3)nc2)n1. The summed E-state index contributed by atoms with van der Waals surface area (Å²) in [6.45, 7) is 1.73. The van der Waals surface area contributed by atoms with Crippen LogP contribution in [-0.4, -0.2) is 35.8 Å². The van der Waals surface area contributed by atoms with Gasteiger partial charge in [0, 0.05) is 12.4 Å². The number of rotatable bonds is 3. The minimum Gasteiger partial charge on any atom is -0.476 e. The summed E-state index contributed by atoms with van der Waals surface area (Å²) in [6, 6.07) is 3.47. The molecule has 0 aromatic carbocycles. The molecule has 0 radical (unpaired) electrons. The number of hydrogen-bond donors (Lipinski definition) is 1. The standard InChI is InChI=1S/C12H9N5O3/c1-7-15-11(20-16-7)8-2-3-10(13-4-8)17-5-9(12(18)19)14-6-17/h2-6H,1H3,(H,18,19). The topological polar surface area (TPSA) is 107 Å². The van der Waals surface area contributed by atoms with E-state index in [4.69, 9.17) is 9.63 Å². The summed E-state index contributed by atoms with van der Waals surface area (Å²) in [6.07, 6.45) is 4.35. The number of nitrogens with zero attached hydrogens (tertiary/aromatic N) is 5. The zero-order chi connectivity index (χ0) is 14.1. The number of aryl methyl sites for hydroxylation is 1. The van der Waals surface area contributed by atoms with Crippen LogP contribution >= 0.6 is 0 Å². The minimum absolute atomic E-state index is 0.0385. The largest absolute Gasteiger partial charge is 0.476 e. The zero-order valence-electron chi connectivity index (χ0n) is 10.4. The summed E-state index contributed by atoms with van der Waals surface area (Å²) in [7, 11) is 0. The van der Waals surface area contributed by atoms with Gasteiger partial charge in [0.05, 0.1) is 5.56 Å². The second-order valence-corrected chi connectivity index (χ2v) is 4.02. The monoisotopic (exact) mass is 271 g/mol. The molecule has 8 heteroatoms. The van der Waals surface area contributed by atoms with Crippen molar-refractivity contribution in [3.63, 3.8) is 0 Å². The lowest BCUT2D eigenvalue weighted by molar-refractivity contribution is 0.0691. The van der Waals surface area contributed by atoms with E-state index in [0.717, 1.165) is 0 Å². The number of aromatic carboxylic acids is 1. The molecule has 3 aromatic rings. The Morgan fingerprint density at radius 3 is 2.75 bits per heavy atom. The highest BCUT2D eigenvalue weighted by molar-refractivity contribution is 5.85. The second kappa shape index (κ2) is 4.57. The minimum atomic E-state index is -1.08. The van der Waals surface area contributed by atoms with Gasteiger partial charge in [-0.15, -0.1) is 0 Å². The van der Waals surface area contributed by atoms with E-state index < -0.39 is 5.97 Å². The van der Waals surface area contributed by atoms with Crippen molar-refractivity contribution in [2.24, 2.45) is 0 Å². The van der Waals surface area contributed by atoms with Crippen LogP contribution in [0.2, 0.25) is 0 Å². The van der Waals surface area contributed by atoms with Gasteiger partial charge in [-0.25, -0.2) is 14.8 Å². The molecule has 100 valence electrons. The van der Waals surface area contributed by atoms with Crippen LogP contribution < -0.4 is 0 Å². The van der Waals surface area contributed by atoms with E-state index in [0.29, 0.717) is 23.1 Å². The fourth-order valence-electron chi connectivity index (χ4n) is 1.64. The molecular weight excluding hydrogens is 262 g/mol. The molecule has 0 bridgehead atoms. The maximum Gasteiger partial charge on any atom is 0.356 e. The summed E-state index contributed by atoms with van der Waals surface area (Å²) >= 11 is 0. The fraction of sp³-hybridized carbons (Fsp3) is 0.0833. The van der Waals surface area contributed by atoms with Gasteiger partial charge < -0.3 is 9.63 Å². The Morgan fingerprint density at radius 1 is 1.35 bits per heavy atom. The first kappa shape index (κ1) is 12.0. The third-order valence-electron chi connectivity index (χ3n) is 2.59. The molecule has 0 aliphatic heterocycles. The van der Waals surface area contributed by atoms with E-state index in [-0.39, 0.29) is 5.69 Å². The first-order valence-corrected chi connectivity index (χ1v) is 5.68. The van der Waals surface area contributed by atoms with Crippen LogP contribution in [0.4, 0.5) is 0 Å². The van der Waals surface area contributed by atoms with E-state index in [1.165, 1.54) is 17.1 Å². The van der Waals surface area contributed by atoms with Gasteiger partial charge in [-0.1, -0.05) is 5.16 Å². The van der Waals surface area contributed by atoms with Crippen molar-refractivity contribution in [2.45, 2.75) is 6.92 Å². The first-order chi connectivity index (χ1) is 9.63. The zero-order valence-corrected chi connectivity index (χ0v) is 10.4. The van der Waals surface area contributed by atoms with Gasteiger partial charge in [0.25, 0.3) is 5.89 Å². The Bertz CT molecular complexity index is 760. The van der Waals surface area contributed by atoms with Crippen molar-refractivity contribution >= 4 is 5.97 Å². The number of carboxylic acid groups (broad SMARTS) is 1. The maximum atomic E-state index is 10.8. The highest BCUT2D eigenvalue weighted by atomic mass is 16.5. The number of hydrogen-bond acceptors (Lipinski definition) is 6. The van der Waals surface area contributed by atoms with E-state index in [2.05, 4.69) is 20.1 Å². The number of pyridine rings is 1. The second-order valence-electron chi connectivity index (χ2n) is 4.02. The van der Waals surface area contributed by atoms with Crippen LogP contribution in [0.3, 0.4) is 0 Å². The highest BCUT2D eigenvalue weighted by Gasteiger charge is 2.10. The van der Waals surface area contributed by atoms with Gasteiger partial charge in [-0.2, -0.15) is 4.98 Å². The van der Waals surface area contributed by atoms with Gasteiger partial charge in [-0.05, 0) is 19.1 Å². The third-order valence-corrected chi connectivity index (χ3v) is 2.59. The third kappa shape index (κ3) is 2.14. The van der Waals surface area contributed by atoms with Gasteiger partial charge in [0.1, 0.15) is 12.1 Å². The molecule has 0 saturated heterocycles. The Hall–Kier alpha value is -3.03. The van der Waals surface area contributed by atoms with Crippen LogP contribution in [0.5, 0.6) is 0 Å². The molecule has 20 heavy (non-hydrogen) atoms. The van der Waals surface area contributed by atoms with Crippen LogP contribution in [0.15, 0.2) is 35.4 Å². The van der Waals surface area contributed by atoms with Crippen LogP contribution in [-0.2, 0) is 0 Å². The van der Waals surface area contributed by atoms with E-state index >= 15 is 0 Å². The number of imidazole rings is 1.